The van der Waals surface area contributed by atoms with Gasteiger partial charge in [-0.2, -0.15) is 0 Å². The fraction of sp³-hybridized carbons (Fsp3) is 0.533. The van der Waals surface area contributed by atoms with Crippen LogP contribution in [0, 0.1) is 17.6 Å². The Kier molecular flexibility index (Phi) is 5.47. The van der Waals surface area contributed by atoms with E-state index in [1.165, 1.54) is 12.1 Å². The number of rotatable bonds is 5. The summed E-state index contributed by atoms with van der Waals surface area (Å²) in [6, 6.07) is 3.38. The van der Waals surface area contributed by atoms with E-state index in [1.807, 2.05) is 0 Å². The second-order valence-electron chi connectivity index (χ2n) is 5.26. The van der Waals surface area contributed by atoms with Gasteiger partial charge in [-0.05, 0) is 44.3 Å². The van der Waals surface area contributed by atoms with Gasteiger partial charge in [0.05, 0.1) is 0 Å². The molecule has 1 aliphatic heterocycles. The number of benzene rings is 1. The minimum atomic E-state index is -0.623. The smallest absolute Gasteiger partial charge is 0.220 e. The molecule has 0 bridgehead atoms. The van der Waals surface area contributed by atoms with Crippen LogP contribution in [0.25, 0.3) is 0 Å². The second-order valence-corrected chi connectivity index (χ2v) is 5.26. The number of hydrogen-bond acceptors (Lipinski definition) is 2. The van der Waals surface area contributed by atoms with Gasteiger partial charge in [-0.15, -0.1) is 0 Å². The summed E-state index contributed by atoms with van der Waals surface area (Å²) in [5.41, 5.74) is 0.305. The van der Waals surface area contributed by atoms with E-state index < -0.39 is 11.6 Å². The molecule has 110 valence electrons. The predicted octanol–water partition coefficient (Wildman–Crippen LogP) is 2.36. The molecule has 5 heteroatoms. The number of carbonyl (C=O) groups excluding carboxylic acids is 1. The summed E-state index contributed by atoms with van der Waals surface area (Å²) in [5.74, 6) is -0.763. The van der Waals surface area contributed by atoms with E-state index in [1.54, 1.807) is 0 Å². The Morgan fingerprint density at radius 3 is 2.95 bits per heavy atom. The van der Waals surface area contributed by atoms with Crippen molar-refractivity contribution in [3.05, 3.63) is 35.4 Å². The fourth-order valence-corrected chi connectivity index (χ4v) is 2.45. The third kappa shape index (κ3) is 4.56. The van der Waals surface area contributed by atoms with Gasteiger partial charge in [-0.1, -0.05) is 6.07 Å². The molecule has 1 fully saturated rings. The van der Waals surface area contributed by atoms with Crippen LogP contribution < -0.4 is 10.6 Å². The van der Waals surface area contributed by atoms with Crippen molar-refractivity contribution < 1.29 is 13.6 Å². The minimum Gasteiger partial charge on any atom is -0.352 e. The Balaban J connectivity index is 1.71. The van der Waals surface area contributed by atoms with Crippen LogP contribution in [0.1, 0.15) is 31.2 Å². The van der Waals surface area contributed by atoms with E-state index in [0.717, 1.165) is 38.4 Å². The Hall–Kier alpha value is -1.49. The van der Waals surface area contributed by atoms with Crippen LogP contribution in [0.2, 0.25) is 0 Å². The highest BCUT2D eigenvalue weighted by molar-refractivity contribution is 5.75. The third-order valence-electron chi connectivity index (χ3n) is 3.67. The van der Waals surface area contributed by atoms with Gasteiger partial charge in [0.2, 0.25) is 5.91 Å². The lowest BCUT2D eigenvalue weighted by molar-refractivity contribution is -0.121. The molecule has 0 saturated carbocycles. The predicted molar refractivity (Wildman–Crippen MR) is 73.0 cm³/mol. The van der Waals surface area contributed by atoms with Crippen LogP contribution in [-0.2, 0) is 11.3 Å². The van der Waals surface area contributed by atoms with E-state index in [9.17, 15) is 13.6 Å². The van der Waals surface area contributed by atoms with Crippen molar-refractivity contribution in [3.63, 3.8) is 0 Å². The highest BCUT2D eigenvalue weighted by atomic mass is 19.1. The van der Waals surface area contributed by atoms with E-state index in [0.29, 0.717) is 17.9 Å². The second kappa shape index (κ2) is 7.33. The van der Waals surface area contributed by atoms with Gasteiger partial charge < -0.3 is 10.6 Å². The van der Waals surface area contributed by atoms with Gasteiger partial charge in [0.1, 0.15) is 11.6 Å². The number of halogens is 2. The average molecular weight is 282 g/mol. The minimum absolute atomic E-state index is 0.0840. The van der Waals surface area contributed by atoms with Gasteiger partial charge >= 0.3 is 0 Å². The van der Waals surface area contributed by atoms with Crippen molar-refractivity contribution >= 4 is 5.91 Å². The van der Waals surface area contributed by atoms with Crippen LogP contribution in [-0.4, -0.2) is 19.0 Å². The molecule has 0 radical (unpaired) electrons. The third-order valence-corrected chi connectivity index (χ3v) is 3.67. The quantitative estimate of drug-likeness (QED) is 0.870. The maximum Gasteiger partial charge on any atom is 0.220 e. The summed E-state index contributed by atoms with van der Waals surface area (Å²) in [6.45, 7) is 2.14. The molecule has 1 unspecified atom stereocenters. The first-order valence-corrected chi connectivity index (χ1v) is 7.06. The maximum atomic E-state index is 13.4. The summed E-state index contributed by atoms with van der Waals surface area (Å²) >= 11 is 0. The van der Waals surface area contributed by atoms with Crippen LogP contribution in [0.15, 0.2) is 18.2 Å². The van der Waals surface area contributed by atoms with Gasteiger partial charge in [0.25, 0.3) is 0 Å². The fourth-order valence-electron chi connectivity index (χ4n) is 2.45. The largest absolute Gasteiger partial charge is 0.352 e. The summed E-state index contributed by atoms with van der Waals surface area (Å²) in [4.78, 5) is 11.7. The van der Waals surface area contributed by atoms with Crippen LogP contribution in [0.5, 0.6) is 0 Å². The lowest BCUT2D eigenvalue weighted by Crippen LogP contribution is -2.31. The topological polar surface area (TPSA) is 41.1 Å². The van der Waals surface area contributed by atoms with Gasteiger partial charge in [0.15, 0.2) is 0 Å². The Labute approximate surface area is 117 Å². The highest BCUT2D eigenvalue weighted by Crippen LogP contribution is 2.15. The molecule has 1 heterocycles. The van der Waals surface area contributed by atoms with E-state index in [2.05, 4.69) is 10.6 Å². The van der Waals surface area contributed by atoms with Gasteiger partial charge in [0, 0.05) is 24.6 Å². The number of piperidine rings is 1. The summed E-state index contributed by atoms with van der Waals surface area (Å²) < 4.78 is 26.1. The molecule has 1 aromatic rings. The number of amides is 1. The van der Waals surface area contributed by atoms with E-state index in [4.69, 9.17) is 0 Å². The molecule has 1 aromatic carbocycles. The number of nitrogens with one attached hydrogen (secondary N) is 2. The Morgan fingerprint density at radius 1 is 1.40 bits per heavy atom. The van der Waals surface area contributed by atoms with Crippen LogP contribution >= 0.6 is 0 Å². The Morgan fingerprint density at radius 2 is 2.25 bits per heavy atom. The molecule has 20 heavy (non-hydrogen) atoms. The summed E-state index contributed by atoms with van der Waals surface area (Å²) in [7, 11) is 0. The molecule has 1 saturated heterocycles. The van der Waals surface area contributed by atoms with Crippen molar-refractivity contribution in [2.45, 2.75) is 32.2 Å². The van der Waals surface area contributed by atoms with Crippen molar-refractivity contribution in [1.82, 2.24) is 10.6 Å². The van der Waals surface area contributed by atoms with E-state index in [-0.39, 0.29) is 12.5 Å². The van der Waals surface area contributed by atoms with Crippen LogP contribution in [0.4, 0.5) is 8.78 Å². The normalized spacial score (nSPS) is 18.8. The molecule has 0 spiro atoms. The molecular formula is C15H20F2N2O. The summed E-state index contributed by atoms with van der Waals surface area (Å²) in [5, 5.41) is 5.99. The average Bonchev–Trinajstić information content (AvgIpc) is 2.45. The maximum absolute atomic E-state index is 13.4. The monoisotopic (exact) mass is 282 g/mol. The standard InChI is InChI=1S/C15H20F2N2O/c16-13-5-4-12(14(17)8-13)10-19-15(20)6-3-11-2-1-7-18-9-11/h4-5,8,11,18H,1-3,6-7,9-10H2,(H,19,20). The zero-order valence-electron chi connectivity index (χ0n) is 11.4. The van der Waals surface area contributed by atoms with Gasteiger partial charge in [-0.25, -0.2) is 8.78 Å². The van der Waals surface area contributed by atoms with Crippen LogP contribution in [0.3, 0.4) is 0 Å². The molecule has 3 nitrogen and oxygen atoms in total. The van der Waals surface area contributed by atoms with Crippen molar-refractivity contribution in [1.29, 1.82) is 0 Å². The van der Waals surface area contributed by atoms with Crippen molar-refractivity contribution in [2.24, 2.45) is 5.92 Å². The first-order valence-electron chi connectivity index (χ1n) is 7.06. The van der Waals surface area contributed by atoms with Gasteiger partial charge in [-0.3, -0.25) is 4.79 Å². The zero-order chi connectivity index (χ0) is 14.4. The lowest BCUT2D eigenvalue weighted by Gasteiger charge is -2.22. The molecule has 1 atom stereocenters. The lowest BCUT2D eigenvalue weighted by atomic mass is 9.94. The first kappa shape index (κ1) is 14.9. The van der Waals surface area contributed by atoms with E-state index >= 15 is 0 Å². The van der Waals surface area contributed by atoms with Crippen molar-refractivity contribution in [2.75, 3.05) is 13.1 Å². The first-order chi connectivity index (χ1) is 9.65. The highest BCUT2D eigenvalue weighted by Gasteiger charge is 2.14. The number of carbonyl (C=O) groups is 1. The molecule has 2 rings (SSSR count). The SMILES string of the molecule is O=C(CCC1CCCNC1)NCc1ccc(F)cc1F. The molecule has 1 aliphatic rings. The Bertz CT molecular complexity index is 459. The zero-order valence-corrected chi connectivity index (χ0v) is 11.4. The van der Waals surface area contributed by atoms with Crippen molar-refractivity contribution in [3.8, 4) is 0 Å². The molecule has 1 amide bonds. The molecular weight excluding hydrogens is 262 g/mol. The molecule has 0 aliphatic carbocycles. The molecule has 0 aromatic heterocycles. The number of hydrogen-bond donors (Lipinski definition) is 2. The summed E-state index contributed by atoms with van der Waals surface area (Å²) in [6.07, 6.45) is 3.62. The molecule has 2 N–H and O–H groups in total.